The van der Waals surface area contributed by atoms with Crippen molar-refractivity contribution in [3.8, 4) is 44.8 Å². The van der Waals surface area contributed by atoms with Crippen LogP contribution in [0.2, 0.25) is 0 Å². The van der Waals surface area contributed by atoms with Crippen LogP contribution in [0.3, 0.4) is 0 Å². The predicted molar refractivity (Wildman–Crippen MR) is 308 cm³/mol. The highest BCUT2D eigenvalue weighted by Gasteiger charge is 2.34. The maximum Gasteiger partial charge on any atom is 0.225 e. The summed E-state index contributed by atoms with van der Waals surface area (Å²) in [6.45, 7) is 15.5. The van der Waals surface area contributed by atoms with E-state index in [0.717, 1.165) is 164 Å². The fraction of sp³-hybridized carbons (Fsp3) is 0.302. The molecule has 15 nitrogen and oxygen atoms in total. The third kappa shape index (κ3) is 10.6. The zero-order chi connectivity index (χ0) is 53.4. The Morgan fingerprint density at radius 2 is 0.897 bits per heavy atom. The molecule has 0 radical (unpaired) electrons. The molecule has 12 rings (SSSR count). The summed E-state index contributed by atoms with van der Waals surface area (Å²) in [5.74, 6) is 4.87. The molecule has 2 aliphatic rings. The standard InChI is InChI=1S/C63H64N12O3/c1-37-35-77-57-15-13-49(27-53(37)57)55-29-59(72-41(5)70-55)68-39(3)45-9-7-11-47(25-45)51-31-64-62(65-32-51)74-21-17-43(18-22-74)61(76)44-19-23-75(24-20-44)63-66-33-52(34-67-63)48-12-8-10-46(26-48)40(4)69-60-30-56(71-42(6)73-60)50-14-16-58-54(28-50)38(2)36-78-58/h7-16,25-36,39-40,43-44,61,76H,17-24H2,1-6H3,(H,68,70,72)(H,69,71,73)/t39-,40-/m0/s1. The molecule has 0 spiro atoms. The lowest BCUT2D eigenvalue weighted by molar-refractivity contribution is 0.0288. The van der Waals surface area contributed by atoms with E-state index in [-0.39, 0.29) is 30.0 Å². The fourth-order valence-corrected chi connectivity index (χ4v) is 11.3. The molecule has 3 N–H and O–H groups in total. The summed E-state index contributed by atoms with van der Waals surface area (Å²) in [6.07, 6.45) is 14.5. The highest BCUT2D eigenvalue weighted by molar-refractivity contribution is 5.87. The highest BCUT2D eigenvalue weighted by atomic mass is 16.3. The van der Waals surface area contributed by atoms with Gasteiger partial charge < -0.3 is 34.4 Å². The Balaban J connectivity index is 0.611. The van der Waals surface area contributed by atoms with Gasteiger partial charge in [0.25, 0.3) is 0 Å². The summed E-state index contributed by atoms with van der Waals surface area (Å²) in [7, 11) is 0. The fourth-order valence-electron chi connectivity index (χ4n) is 11.3. The smallest absolute Gasteiger partial charge is 0.225 e. The van der Waals surface area contributed by atoms with Crippen molar-refractivity contribution in [3.63, 3.8) is 0 Å². The Hall–Kier alpha value is -8.56. The first kappa shape index (κ1) is 50.3. The molecule has 2 fully saturated rings. The lowest BCUT2D eigenvalue weighted by atomic mass is 9.80. The van der Waals surface area contributed by atoms with Gasteiger partial charge in [0.15, 0.2) is 0 Å². The Morgan fingerprint density at radius 1 is 0.487 bits per heavy atom. The lowest BCUT2D eigenvalue weighted by Crippen LogP contribution is -2.44. The first-order valence-electron chi connectivity index (χ1n) is 27.2. The minimum absolute atomic E-state index is 0.0184. The van der Waals surface area contributed by atoms with Gasteiger partial charge in [-0.05, 0) is 161 Å². The number of hydrogen-bond donors (Lipinski definition) is 3. The quantitative estimate of drug-likeness (QED) is 0.0935. The first-order chi connectivity index (χ1) is 37.9. The predicted octanol–water partition coefficient (Wildman–Crippen LogP) is 13.1. The van der Waals surface area contributed by atoms with E-state index >= 15 is 0 Å². The first-order valence-corrected chi connectivity index (χ1v) is 27.2. The summed E-state index contributed by atoms with van der Waals surface area (Å²) in [5, 5.41) is 21.1. The van der Waals surface area contributed by atoms with Crippen molar-refractivity contribution in [1.82, 2.24) is 39.9 Å². The Bertz CT molecular complexity index is 3500. The van der Waals surface area contributed by atoms with E-state index in [1.807, 2.05) is 75.0 Å². The molecule has 8 heterocycles. The van der Waals surface area contributed by atoms with Gasteiger partial charge in [-0.15, -0.1) is 0 Å². The SMILES string of the molecule is Cc1nc(N[C@@H](C)c2cccc(-c3cnc(N4CCC(C(O)C5CCN(c6ncc(-c7cccc([C@H](C)Nc8cc(-c9ccc%10occ(C)c%10c9)nc(C)n8)c7)cn6)CC5)CC4)nc3)c2)cc(-c2ccc3occ(C)c3c2)n1. The van der Waals surface area contributed by atoms with Crippen molar-refractivity contribution >= 4 is 45.5 Å². The molecule has 15 heteroatoms. The van der Waals surface area contributed by atoms with Gasteiger partial charge in [-0.1, -0.05) is 36.4 Å². The number of anilines is 4. The van der Waals surface area contributed by atoms with Crippen LogP contribution in [0.25, 0.3) is 66.7 Å². The van der Waals surface area contributed by atoms with Crippen LogP contribution in [0, 0.1) is 39.5 Å². The molecule has 394 valence electrons. The van der Waals surface area contributed by atoms with E-state index in [1.54, 1.807) is 12.5 Å². The van der Waals surface area contributed by atoms with Crippen LogP contribution in [0.4, 0.5) is 23.5 Å². The number of benzene rings is 4. The molecule has 0 saturated carbocycles. The van der Waals surface area contributed by atoms with E-state index in [0.29, 0.717) is 11.6 Å². The topological polar surface area (TPSA) is 180 Å². The number of nitrogens with one attached hydrogen (secondary N) is 2. The van der Waals surface area contributed by atoms with Crippen LogP contribution in [-0.2, 0) is 0 Å². The van der Waals surface area contributed by atoms with Gasteiger partial charge in [-0.3, -0.25) is 0 Å². The van der Waals surface area contributed by atoms with Crippen molar-refractivity contribution in [2.24, 2.45) is 11.8 Å². The second-order valence-electron chi connectivity index (χ2n) is 21.3. The van der Waals surface area contributed by atoms with Gasteiger partial charge in [0, 0.05) is 108 Å². The normalized spacial score (nSPS) is 15.3. The number of fused-ring (bicyclic) bond motifs is 2. The zero-order valence-electron chi connectivity index (χ0n) is 45.0. The van der Waals surface area contributed by atoms with Crippen LogP contribution in [0.15, 0.2) is 143 Å². The minimum atomic E-state index is -0.348. The van der Waals surface area contributed by atoms with Gasteiger partial charge in [0.1, 0.15) is 34.5 Å². The molecule has 0 bridgehead atoms. The van der Waals surface area contributed by atoms with Crippen LogP contribution in [-0.4, -0.2) is 77.3 Å². The van der Waals surface area contributed by atoms with Crippen LogP contribution >= 0.6 is 0 Å². The van der Waals surface area contributed by atoms with Gasteiger partial charge in [-0.25, -0.2) is 39.9 Å². The molecule has 6 aromatic heterocycles. The average Bonchev–Trinajstić information content (AvgIpc) is 4.07. The number of hydrogen-bond acceptors (Lipinski definition) is 15. The van der Waals surface area contributed by atoms with Gasteiger partial charge in [0.2, 0.25) is 11.9 Å². The summed E-state index contributed by atoms with van der Waals surface area (Å²) < 4.78 is 11.3. The van der Waals surface area contributed by atoms with E-state index in [4.69, 9.17) is 48.7 Å². The van der Waals surface area contributed by atoms with E-state index in [9.17, 15) is 5.11 Å². The zero-order valence-corrected chi connectivity index (χ0v) is 45.0. The Kier molecular flexibility index (Phi) is 13.8. The van der Waals surface area contributed by atoms with Crippen molar-refractivity contribution < 1.29 is 13.9 Å². The van der Waals surface area contributed by atoms with Crippen molar-refractivity contribution in [1.29, 1.82) is 0 Å². The number of nitrogens with zero attached hydrogens (tertiary/aromatic N) is 10. The maximum absolute atomic E-state index is 11.7. The lowest BCUT2D eigenvalue weighted by Gasteiger charge is -2.40. The molecule has 4 aromatic carbocycles. The molecule has 10 aromatic rings. The summed E-state index contributed by atoms with van der Waals surface area (Å²) in [5.41, 5.74) is 14.0. The van der Waals surface area contributed by atoms with Crippen molar-refractivity contribution in [2.75, 3.05) is 46.6 Å². The number of aryl methyl sites for hydroxylation is 4. The molecular formula is C63H64N12O3. The Morgan fingerprint density at radius 3 is 1.31 bits per heavy atom. The van der Waals surface area contributed by atoms with Crippen LogP contribution < -0.4 is 20.4 Å². The third-order valence-corrected chi connectivity index (χ3v) is 15.9. The second kappa shape index (κ2) is 21.5. The number of aromatic nitrogens is 8. The van der Waals surface area contributed by atoms with Gasteiger partial charge in [-0.2, -0.15) is 0 Å². The maximum atomic E-state index is 11.7. The minimum Gasteiger partial charge on any atom is -0.464 e. The van der Waals surface area contributed by atoms with E-state index in [1.165, 1.54) is 0 Å². The monoisotopic (exact) mass is 1040 g/mol. The number of rotatable bonds is 14. The summed E-state index contributed by atoms with van der Waals surface area (Å²) in [4.78, 5) is 42.8. The number of aliphatic hydroxyl groups is 1. The number of aliphatic hydroxyl groups excluding tert-OH is 1. The molecule has 78 heavy (non-hydrogen) atoms. The molecule has 0 aliphatic carbocycles. The number of furan rings is 2. The summed E-state index contributed by atoms with van der Waals surface area (Å²) in [6, 6.07) is 33.3. The highest BCUT2D eigenvalue weighted by Crippen LogP contribution is 2.35. The van der Waals surface area contributed by atoms with E-state index in [2.05, 4.69) is 109 Å². The molecule has 0 amide bonds. The van der Waals surface area contributed by atoms with Gasteiger partial charge >= 0.3 is 0 Å². The largest absolute Gasteiger partial charge is 0.464 e. The van der Waals surface area contributed by atoms with Gasteiger partial charge in [0.05, 0.1) is 30.0 Å². The molecule has 2 atom stereocenters. The number of piperidine rings is 2. The van der Waals surface area contributed by atoms with Crippen molar-refractivity contribution in [2.45, 2.75) is 85.4 Å². The molecule has 0 unspecified atom stereocenters. The average molecular weight is 1040 g/mol. The van der Waals surface area contributed by atoms with Crippen LogP contribution in [0.1, 0.15) is 85.5 Å². The molecule has 2 aliphatic heterocycles. The Labute approximate surface area is 454 Å². The summed E-state index contributed by atoms with van der Waals surface area (Å²) >= 11 is 0. The van der Waals surface area contributed by atoms with Crippen molar-refractivity contribution in [3.05, 3.63) is 168 Å². The van der Waals surface area contributed by atoms with Crippen LogP contribution in [0.5, 0.6) is 0 Å². The molecule has 2 saturated heterocycles. The third-order valence-electron chi connectivity index (χ3n) is 15.9. The second-order valence-corrected chi connectivity index (χ2v) is 21.3. The molecular weight excluding hydrogens is 973 g/mol. The van der Waals surface area contributed by atoms with E-state index < -0.39 is 0 Å².